The van der Waals surface area contributed by atoms with Crippen molar-refractivity contribution in [2.75, 3.05) is 25.2 Å². The number of rotatable bonds is 9. The molecule has 0 spiro atoms. The average Bonchev–Trinajstić information content (AvgIpc) is 3.65. The topological polar surface area (TPSA) is 109 Å². The molecule has 0 saturated heterocycles. The first-order valence-corrected chi connectivity index (χ1v) is 13.2. The van der Waals surface area contributed by atoms with E-state index in [-0.39, 0.29) is 12.5 Å². The summed E-state index contributed by atoms with van der Waals surface area (Å²) in [5, 5.41) is 21.0. The van der Waals surface area contributed by atoms with Crippen molar-refractivity contribution in [2.45, 2.75) is 31.8 Å². The number of methoxy groups -OCH3 is 1. The second-order valence-corrected chi connectivity index (χ2v) is 10.2. The molecule has 1 amide bonds. The van der Waals surface area contributed by atoms with E-state index in [0.717, 1.165) is 35.2 Å². The van der Waals surface area contributed by atoms with E-state index in [4.69, 9.17) is 9.72 Å². The summed E-state index contributed by atoms with van der Waals surface area (Å²) in [7, 11) is 3.47. The molecule has 2 aromatic heterocycles. The molecular formula is C30H28FN7O2. The lowest BCUT2D eigenvalue weighted by Crippen LogP contribution is -2.24. The van der Waals surface area contributed by atoms with Crippen LogP contribution in [0.2, 0.25) is 0 Å². The van der Waals surface area contributed by atoms with Crippen molar-refractivity contribution < 1.29 is 13.9 Å². The Labute approximate surface area is 231 Å². The Kier molecular flexibility index (Phi) is 6.84. The molecule has 0 bridgehead atoms. The highest BCUT2D eigenvalue weighted by Crippen LogP contribution is 2.43. The third-order valence-electron chi connectivity index (χ3n) is 7.37. The Morgan fingerprint density at radius 1 is 1.15 bits per heavy atom. The van der Waals surface area contributed by atoms with Crippen LogP contribution in [0, 0.1) is 17.1 Å². The average molecular weight is 538 g/mol. The van der Waals surface area contributed by atoms with Crippen LogP contribution < -0.4 is 10.2 Å². The molecule has 9 nitrogen and oxygen atoms in total. The molecule has 0 unspecified atom stereocenters. The normalized spacial score (nSPS) is 14.4. The van der Waals surface area contributed by atoms with Crippen LogP contribution in [0.1, 0.15) is 51.5 Å². The van der Waals surface area contributed by atoms with Crippen molar-refractivity contribution >= 4 is 11.7 Å². The number of amides is 1. The molecular weight excluding hydrogens is 509 g/mol. The third-order valence-corrected chi connectivity index (χ3v) is 7.37. The van der Waals surface area contributed by atoms with Gasteiger partial charge in [0, 0.05) is 55.5 Å². The zero-order valence-corrected chi connectivity index (χ0v) is 22.3. The predicted octanol–water partition coefficient (Wildman–Crippen LogP) is 4.33. The minimum atomic E-state index is -0.396. The monoisotopic (exact) mass is 537 g/mol. The van der Waals surface area contributed by atoms with Gasteiger partial charge in [-0.1, -0.05) is 6.07 Å². The maximum Gasteiger partial charge on any atom is 0.260 e. The highest BCUT2D eigenvalue weighted by atomic mass is 19.1. The Morgan fingerprint density at radius 3 is 2.73 bits per heavy atom. The Balaban J connectivity index is 1.39. The van der Waals surface area contributed by atoms with Crippen LogP contribution in [0.5, 0.6) is 0 Å². The lowest BCUT2D eigenvalue weighted by molar-refractivity contribution is 0.0995. The van der Waals surface area contributed by atoms with Gasteiger partial charge in [-0.3, -0.25) is 9.69 Å². The molecule has 40 heavy (non-hydrogen) atoms. The quantitative estimate of drug-likeness (QED) is 0.317. The van der Waals surface area contributed by atoms with Crippen LogP contribution in [-0.4, -0.2) is 45.9 Å². The van der Waals surface area contributed by atoms with E-state index in [1.165, 1.54) is 6.07 Å². The number of anilines is 1. The lowest BCUT2D eigenvalue weighted by Gasteiger charge is -2.18. The van der Waals surface area contributed by atoms with Gasteiger partial charge in [-0.25, -0.2) is 9.37 Å². The van der Waals surface area contributed by atoms with Crippen molar-refractivity contribution in [3.63, 3.8) is 0 Å². The summed E-state index contributed by atoms with van der Waals surface area (Å²) in [6.45, 7) is 1.72. The summed E-state index contributed by atoms with van der Waals surface area (Å²) in [5.74, 6) is 0.751. The Hall–Kier alpha value is -4.46. The van der Waals surface area contributed by atoms with E-state index >= 15 is 4.39 Å². The summed E-state index contributed by atoms with van der Waals surface area (Å²) in [6.07, 6.45) is 3.67. The number of pyridine rings is 1. The number of nitriles is 1. The zero-order valence-electron chi connectivity index (χ0n) is 22.3. The molecule has 0 radical (unpaired) electrons. The molecule has 1 N–H and O–H groups in total. The lowest BCUT2D eigenvalue weighted by atomic mass is 9.96. The molecule has 2 aromatic carbocycles. The van der Waals surface area contributed by atoms with Crippen LogP contribution in [0.25, 0.3) is 22.5 Å². The van der Waals surface area contributed by atoms with E-state index in [0.29, 0.717) is 59.5 Å². The number of nitrogens with zero attached hydrogens (tertiary/aromatic N) is 6. The summed E-state index contributed by atoms with van der Waals surface area (Å²) in [5.41, 5.74) is 5.30. The van der Waals surface area contributed by atoms with Gasteiger partial charge in [0.05, 0.1) is 24.8 Å². The molecule has 1 fully saturated rings. The first kappa shape index (κ1) is 25.8. The first-order valence-electron chi connectivity index (χ1n) is 13.2. The van der Waals surface area contributed by atoms with Gasteiger partial charge < -0.3 is 14.6 Å². The fourth-order valence-electron chi connectivity index (χ4n) is 5.11. The number of fused-ring (bicyclic) bond motifs is 1. The van der Waals surface area contributed by atoms with Gasteiger partial charge in [-0.15, -0.1) is 10.2 Å². The second-order valence-electron chi connectivity index (χ2n) is 10.2. The minimum absolute atomic E-state index is 0.113. The van der Waals surface area contributed by atoms with Crippen molar-refractivity contribution in [3.8, 4) is 28.6 Å². The van der Waals surface area contributed by atoms with Crippen molar-refractivity contribution in [3.05, 3.63) is 82.6 Å². The van der Waals surface area contributed by atoms with Crippen LogP contribution in [-0.2, 0) is 24.9 Å². The van der Waals surface area contributed by atoms with E-state index in [1.54, 1.807) is 41.1 Å². The highest BCUT2D eigenvalue weighted by molar-refractivity contribution is 6.10. The molecule has 202 valence electrons. The number of halogens is 1. The number of carbonyl (C=O) groups is 1. The van der Waals surface area contributed by atoms with Crippen LogP contribution >= 0.6 is 0 Å². The van der Waals surface area contributed by atoms with E-state index in [9.17, 15) is 10.1 Å². The largest absolute Gasteiger partial charge is 0.383 e. The maximum atomic E-state index is 15.2. The molecule has 2 aliphatic rings. The second kappa shape index (κ2) is 10.6. The highest BCUT2D eigenvalue weighted by Gasteiger charge is 2.34. The number of nitrogens with one attached hydrogen (secondary N) is 1. The number of ether oxygens (including phenoxy) is 1. The molecule has 0 atom stereocenters. The van der Waals surface area contributed by atoms with Crippen LogP contribution in [0.4, 0.5) is 10.2 Å². The van der Waals surface area contributed by atoms with Gasteiger partial charge in [0.15, 0.2) is 5.82 Å². The SMILES string of the molecule is COCCNCc1cc(F)c2c(c1)C(=O)N(c1cc(-c3ccc(C#N)cc3-c3nncn3C)cc(C3CC3)n1)C2. The summed E-state index contributed by atoms with van der Waals surface area (Å²) < 4.78 is 22.0. The first-order chi connectivity index (χ1) is 19.5. The maximum absolute atomic E-state index is 15.2. The van der Waals surface area contributed by atoms with Crippen molar-refractivity contribution in [1.29, 1.82) is 5.26 Å². The predicted molar refractivity (Wildman–Crippen MR) is 147 cm³/mol. The van der Waals surface area contributed by atoms with Gasteiger partial charge in [0.25, 0.3) is 5.91 Å². The smallest absolute Gasteiger partial charge is 0.260 e. The van der Waals surface area contributed by atoms with Crippen molar-refractivity contribution in [1.82, 2.24) is 25.1 Å². The zero-order chi connectivity index (χ0) is 27.8. The molecule has 1 saturated carbocycles. The Morgan fingerprint density at radius 2 is 2.00 bits per heavy atom. The molecule has 3 heterocycles. The molecule has 6 rings (SSSR count). The third kappa shape index (κ3) is 4.85. The van der Waals surface area contributed by atoms with Crippen LogP contribution in [0.15, 0.2) is 48.8 Å². The van der Waals surface area contributed by atoms with Gasteiger partial charge in [-0.05, 0) is 65.9 Å². The molecule has 1 aliphatic carbocycles. The fraction of sp³-hybridized carbons (Fsp3) is 0.300. The van der Waals surface area contributed by atoms with Gasteiger partial charge in [-0.2, -0.15) is 5.26 Å². The minimum Gasteiger partial charge on any atom is -0.383 e. The standard InChI is InChI=1S/C30H28FN7O2/c1-37-17-34-36-29(37)23-9-18(14-32)3-6-22(23)21-12-27(20-4-5-20)35-28(13-21)38-16-25-24(30(38)39)10-19(11-26(25)31)15-33-7-8-40-2/h3,6,9-13,17,20,33H,4-5,7-8,15-16H2,1-2H3. The molecule has 10 heteroatoms. The van der Waals surface area contributed by atoms with Gasteiger partial charge in [0.1, 0.15) is 18.0 Å². The Bertz CT molecular complexity index is 1650. The number of carbonyl (C=O) groups excluding carboxylic acids is 1. The van der Waals surface area contributed by atoms with E-state index < -0.39 is 5.82 Å². The summed E-state index contributed by atoms with van der Waals surface area (Å²) in [4.78, 5) is 20.1. The van der Waals surface area contributed by atoms with Gasteiger partial charge >= 0.3 is 0 Å². The molecule has 4 aromatic rings. The summed E-state index contributed by atoms with van der Waals surface area (Å²) in [6, 6.07) is 14.8. The number of aromatic nitrogens is 4. The summed E-state index contributed by atoms with van der Waals surface area (Å²) >= 11 is 0. The number of benzene rings is 2. The number of aryl methyl sites for hydroxylation is 1. The fourth-order valence-corrected chi connectivity index (χ4v) is 5.11. The van der Waals surface area contributed by atoms with E-state index in [1.807, 2.05) is 25.2 Å². The van der Waals surface area contributed by atoms with Gasteiger partial charge in [0.2, 0.25) is 0 Å². The molecule has 1 aliphatic heterocycles. The number of hydrogen-bond acceptors (Lipinski definition) is 7. The van der Waals surface area contributed by atoms with E-state index in [2.05, 4.69) is 21.6 Å². The van der Waals surface area contributed by atoms with Crippen LogP contribution in [0.3, 0.4) is 0 Å². The van der Waals surface area contributed by atoms with Crippen molar-refractivity contribution in [2.24, 2.45) is 7.05 Å². The number of hydrogen-bond donors (Lipinski definition) is 1.